The number of ether oxygens (including phenoxy) is 1. The van der Waals surface area contributed by atoms with Crippen LogP contribution >= 0.6 is 0 Å². The molecule has 1 aromatic carbocycles. The van der Waals surface area contributed by atoms with Crippen LogP contribution in [0, 0.1) is 0 Å². The van der Waals surface area contributed by atoms with Crippen molar-refractivity contribution in [3.8, 4) is 0 Å². The molecule has 0 aliphatic carbocycles. The second kappa shape index (κ2) is 7.11. The third-order valence-corrected chi connectivity index (χ3v) is 4.58. The molecule has 140 valence electrons. The van der Waals surface area contributed by atoms with Crippen LogP contribution < -0.4 is 0 Å². The van der Waals surface area contributed by atoms with Crippen molar-refractivity contribution in [2.45, 2.75) is 51.7 Å². The SMILES string of the molecule is CC(C)(C)OC(=O)N1CCCC1C(=O)n1cc(CCO)c2ccccc21. The van der Waals surface area contributed by atoms with Crippen molar-refractivity contribution < 1.29 is 19.4 Å². The topological polar surface area (TPSA) is 71.8 Å². The lowest BCUT2D eigenvalue weighted by Crippen LogP contribution is -2.44. The van der Waals surface area contributed by atoms with Crippen molar-refractivity contribution in [3.05, 3.63) is 36.0 Å². The summed E-state index contributed by atoms with van der Waals surface area (Å²) < 4.78 is 7.08. The summed E-state index contributed by atoms with van der Waals surface area (Å²) >= 11 is 0. The maximum Gasteiger partial charge on any atom is 0.410 e. The first kappa shape index (κ1) is 18.5. The minimum Gasteiger partial charge on any atom is -0.444 e. The highest BCUT2D eigenvalue weighted by molar-refractivity contribution is 5.97. The van der Waals surface area contributed by atoms with Gasteiger partial charge in [0.15, 0.2) is 0 Å². The van der Waals surface area contributed by atoms with Gasteiger partial charge in [0.05, 0.1) is 5.52 Å². The quantitative estimate of drug-likeness (QED) is 0.914. The van der Waals surface area contributed by atoms with E-state index in [2.05, 4.69) is 0 Å². The molecule has 1 aromatic heterocycles. The van der Waals surface area contributed by atoms with E-state index in [1.54, 1.807) is 10.8 Å². The highest BCUT2D eigenvalue weighted by Gasteiger charge is 2.37. The van der Waals surface area contributed by atoms with Crippen LogP contribution in [0.25, 0.3) is 10.9 Å². The molecule has 3 rings (SSSR count). The smallest absolute Gasteiger partial charge is 0.410 e. The Balaban J connectivity index is 1.91. The van der Waals surface area contributed by atoms with Gasteiger partial charge in [-0.05, 0) is 51.7 Å². The third-order valence-electron chi connectivity index (χ3n) is 4.58. The molecule has 0 saturated carbocycles. The van der Waals surface area contributed by atoms with Crippen molar-refractivity contribution in [1.29, 1.82) is 0 Å². The first-order valence-electron chi connectivity index (χ1n) is 9.05. The van der Waals surface area contributed by atoms with E-state index < -0.39 is 17.7 Å². The Morgan fingerprint density at radius 3 is 2.69 bits per heavy atom. The molecule has 1 N–H and O–H groups in total. The lowest BCUT2D eigenvalue weighted by molar-refractivity contribution is 0.0211. The Morgan fingerprint density at radius 2 is 2.00 bits per heavy atom. The van der Waals surface area contributed by atoms with Gasteiger partial charge in [-0.3, -0.25) is 14.3 Å². The van der Waals surface area contributed by atoms with E-state index in [0.717, 1.165) is 22.9 Å². The number of likely N-dealkylation sites (tertiary alicyclic amines) is 1. The average Bonchev–Trinajstić information content (AvgIpc) is 3.19. The molecule has 1 aliphatic heterocycles. The van der Waals surface area contributed by atoms with Crippen molar-refractivity contribution in [1.82, 2.24) is 9.47 Å². The van der Waals surface area contributed by atoms with Crippen LogP contribution in [-0.2, 0) is 11.2 Å². The number of aliphatic hydroxyl groups is 1. The molecule has 1 aliphatic rings. The van der Waals surface area contributed by atoms with Crippen molar-refractivity contribution in [2.75, 3.05) is 13.2 Å². The van der Waals surface area contributed by atoms with Crippen LogP contribution in [0.1, 0.15) is 44.0 Å². The largest absolute Gasteiger partial charge is 0.444 e. The van der Waals surface area contributed by atoms with Gasteiger partial charge in [0.25, 0.3) is 5.91 Å². The predicted octanol–water partition coefficient (Wildman–Crippen LogP) is 3.22. The first-order valence-corrected chi connectivity index (χ1v) is 9.05. The number of para-hydroxylation sites is 1. The van der Waals surface area contributed by atoms with E-state index in [9.17, 15) is 14.7 Å². The number of carbonyl (C=O) groups excluding carboxylic acids is 2. The average molecular weight is 358 g/mol. The molecule has 0 bridgehead atoms. The van der Waals surface area contributed by atoms with E-state index in [1.165, 1.54) is 4.90 Å². The summed E-state index contributed by atoms with van der Waals surface area (Å²) in [5, 5.41) is 10.3. The Kier molecular flexibility index (Phi) is 5.05. The number of nitrogens with zero attached hydrogens (tertiary/aromatic N) is 2. The van der Waals surface area contributed by atoms with Gasteiger partial charge in [-0.25, -0.2) is 4.79 Å². The lowest BCUT2D eigenvalue weighted by Gasteiger charge is -2.28. The van der Waals surface area contributed by atoms with Gasteiger partial charge in [0, 0.05) is 24.7 Å². The minimum absolute atomic E-state index is 0.0235. The Hall–Kier alpha value is -2.34. The minimum atomic E-state index is -0.596. The summed E-state index contributed by atoms with van der Waals surface area (Å²) in [5.74, 6) is -0.131. The fourth-order valence-electron chi connectivity index (χ4n) is 3.48. The van der Waals surface area contributed by atoms with E-state index >= 15 is 0 Å². The zero-order valence-corrected chi connectivity index (χ0v) is 15.6. The van der Waals surface area contributed by atoms with Crippen molar-refractivity contribution >= 4 is 22.9 Å². The summed E-state index contributed by atoms with van der Waals surface area (Å²) in [6, 6.07) is 7.11. The van der Waals surface area contributed by atoms with Crippen LogP contribution in [-0.4, -0.2) is 51.4 Å². The molecule has 1 unspecified atom stereocenters. The van der Waals surface area contributed by atoms with Crippen LogP contribution in [0.4, 0.5) is 4.79 Å². The van der Waals surface area contributed by atoms with Gasteiger partial charge in [-0.2, -0.15) is 0 Å². The maximum absolute atomic E-state index is 13.2. The molecule has 26 heavy (non-hydrogen) atoms. The van der Waals surface area contributed by atoms with E-state index in [1.807, 2.05) is 45.0 Å². The summed E-state index contributed by atoms with van der Waals surface area (Å²) in [5.41, 5.74) is 1.14. The second-order valence-corrected chi connectivity index (χ2v) is 7.69. The predicted molar refractivity (Wildman–Crippen MR) is 99.3 cm³/mol. The van der Waals surface area contributed by atoms with E-state index in [0.29, 0.717) is 19.4 Å². The first-order chi connectivity index (χ1) is 12.3. The van der Waals surface area contributed by atoms with Crippen molar-refractivity contribution in [3.63, 3.8) is 0 Å². The summed E-state index contributed by atoms with van der Waals surface area (Å²) in [4.78, 5) is 27.2. The normalized spacial score (nSPS) is 17.7. The fraction of sp³-hybridized carbons (Fsp3) is 0.500. The monoisotopic (exact) mass is 358 g/mol. The fourth-order valence-corrected chi connectivity index (χ4v) is 3.48. The second-order valence-electron chi connectivity index (χ2n) is 7.69. The molecule has 2 aromatic rings. The number of aromatic nitrogens is 1. The van der Waals surface area contributed by atoms with Gasteiger partial charge in [0.1, 0.15) is 11.6 Å². The van der Waals surface area contributed by atoms with Gasteiger partial charge in [-0.1, -0.05) is 18.2 Å². The van der Waals surface area contributed by atoms with Gasteiger partial charge in [-0.15, -0.1) is 0 Å². The van der Waals surface area contributed by atoms with Crippen LogP contribution in [0.15, 0.2) is 30.5 Å². The zero-order chi connectivity index (χ0) is 18.9. The highest BCUT2D eigenvalue weighted by atomic mass is 16.6. The highest BCUT2D eigenvalue weighted by Crippen LogP contribution is 2.26. The van der Waals surface area contributed by atoms with Crippen LogP contribution in [0.3, 0.4) is 0 Å². The number of benzene rings is 1. The van der Waals surface area contributed by atoms with Crippen LogP contribution in [0.5, 0.6) is 0 Å². The van der Waals surface area contributed by atoms with Crippen molar-refractivity contribution in [2.24, 2.45) is 0 Å². The molecule has 1 saturated heterocycles. The zero-order valence-electron chi connectivity index (χ0n) is 15.6. The molecule has 1 fully saturated rings. The van der Waals surface area contributed by atoms with Gasteiger partial charge < -0.3 is 9.84 Å². The Bertz CT molecular complexity index is 819. The molecular formula is C20H26N2O4. The number of hydrogen-bond acceptors (Lipinski definition) is 4. The number of amides is 1. The van der Waals surface area contributed by atoms with Gasteiger partial charge in [0.2, 0.25) is 0 Å². The summed E-state index contributed by atoms with van der Waals surface area (Å²) in [6.45, 7) is 6.00. The third kappa shape index (κ3) is 3.60. The molecule has 6 heteroatoms. The van der Waals surface area contributed by atoms with E-state index in [-0.39, 0.29) is 12.5 Å². The molecule has 0 spiro atoms. The van der Waals surface area contributed by atoms with E-state index in [4.69, 9.17) is 4.74 Å². The molecular weight excluding hydrogens is 332 g/mol. The molecule has 6 nitrogen and oxygen atoms in total. The number of rotatable bonds is 3. The molecule has 1 atom stereocenters. The number of carbonyl (C=O) groups is 2. The summed E-state index contributed by atoms with van der Waals surface area (Å²) in [6.07, 6.45) is 3.23. The van der Waals surface area contributed by atoms with Crippen LogP contribution in [0.2, 0.25) is 0 Å². The van der Waals surface area contributed by atoms with Gasteiger partial charge >= 0.3 is 6.09 Å². The lowest BCUT2D eigenvalue weighted by atomic mass is 10.1. The number of aliphatic hydroxyl groups excluding tert-OH is 1. The standard InChI is InChI=1S/C20H26N2O4/c1-20(2,3)26-19(25)21-11-6-9-17(21)18(24)22-13-14(10-12-23)15-7-4-5-8-16(15)22/h4-5,7-8,13,17,23H,6,9-12H2,1-3H3. The Morgan fingerprint density at radius 1 is 1.27 bits per heavy atom. The maximum atomic E-state index is 13.2. The Labute approximate surface area is 153 Å². The number of fused-ring (bicyclic) bond motifs is 1. The molecule has 1 amide bonds. The summed E-state index contributed by atoms with van der Waals surface area (Å²) in [7, 11) is 0. The molecule has 2 heterocycles. The number of hydrogen-bond donors (Lipinski definition) is 1. The molecule has 0 radical (unpaired) electrons.